The van der Waals surface area contributed by atoms with Crippen molar-refractivity contribution < 1.29 is 9.53 Å². The van der Waals surface area contributed by atoms with Crippen molar-refractivity contribution >= 4 is 5.91 Å². The zero-order valence-electron chi connectivity index (χ0n) is 15.8. The smallest absolute Gasteiger partial charge is 0.227 e. The van der Waals surface area contributed by atoms with Gasteiger partial charge in [0.05, 0.1) is 31.4 Å². The molecule has 0 radical (unpaired) electrons. The first kappa shape index (κ1) is 17.9. The Morgan fingerprint density at radius 1 is 1.31 bits per heavy atom. The lowest BCUT2D eigenvalue weighted by atomic mass is 9.75. The molecule has 2 bridgehead atoms. The van der Waals surface area contributed by atoms with Crippen LogP contribution >= 0.6 is 0 Å². The molecule has 4 atom stereocenters. The van der Waals surface area contributed by atoms with E-state index >= 15 is 0 Å². The molecule has 4 unspecified atom stereocenters. The average Bonchev–Trinajstić information content (AvgIpc) is 3.14. The van der Waals surface area contributed by atoms with Crippen LogP contribution in [-0.2, 0) is 22.5 Å². The summed E-state index contributed by atoms with van der Waals surface area (Å²) in [6.07, 6.45) is 7.73. The highest BCUT2D eigenvalue weighted by atomic mass is 16.5. The van der Waals surface area contributed by atoms with Gasteiger partial charge in [0, 0.05) is 31.9 Å². The third-order valence-corrected chi connectivity index (χ3v) is 6.29. The van der Waals surface area contributed by atoms with Gasteiger partial charge in [-0.1, -0.05) is 18.6 Å². The fourth-order valence-corrected chi connectivity index (χ4v) is 4.74. The summed E-state index contributed by atoms with van der Waals surface area (Å²) < 4.78 is 7.40. The monoisotopic (exact) mass is 361 g/mol. The molecule has 0 spiro atoms. The van der Waals surface area contributed by atoms with Crippen LogP contribution in [0.3, 0.4) is 0 Å². The first-order valence-corrected chi connectivity index (χ1v) is 10.2. The van der Waals surface area contributed by atoms with Gasteiger partial charge in [-0.2, -0.15) is 0 Å². The number of amides is 1. The third kappa shape index (κ3) is 3.78. The number of hydrogen-bond acceptors (Lipinski definition) is 5. The third-order valence-electron chi connectivity index (χ3n) is 6.29. The highest BCUT2D eigenvalue weighted by Gasteiger charge is 2.44. The molecule has 0 aliphatic carbocycles. The molecule has 26 heavy (non-hydrogen) atoms. The summed E-state index contributed by atoms with van der Waals surface area (Å²) in [6.45, 7) is 7.99. The fraction of sp³-hybridized carbons (Fsp3) is 0.842. The van der Waals surface area contributed by atoms with Crippen molar-refractivity contribution in [2.75, 3.05) is 39.4 Å². The van der Waals surface area contributed by atoms with Crippen LogP contribution < -0.4 is 0 Å². The highest BCUT2D eigenvalue weighted by Crippen LogP contribution is 2.37. The first-order chi connectivity index (χ1) is 12.7. The lowest BCUT2D eigenvalue weighted by Gasteiger charge is -2.50. The lowest BCUT2D eigenvalue weighted by Crippen LogP contribution is -2.59. The van der Waals surface area contributed by atoms with Gasteiger partial charge < -0.3 is 9.64 Å². The van der Waals surface area contributed by atoms with Crippen molar-refractivity contribution in [2.24, 2.45) is 11.8 Å². The molecule has 5 heterocycles. The van der Waals surface area contributed by atoms with E-state index in [0.29, 0.717) is 31.1 Å². The molecular formula is C19H31N5O2. The molecule has 1 amide bonds. The maximum Gasteiger partial charge on any atom is 0.227 e. The van der Waals surface area contributed by atoms with Gasteiger partial charge in [0.2, 0.25) is 5.91 Å². The Morgan fingerprint density at radius 2 is 2.15 bits per heavy atom. The predicted molar refractivity (Wildman–Crippen MR) is 97.6 cm³/mol. The minimum atomic E-state index is 0.175. The molecular weight excluding hydrogens is 330 g/mol. The van der Waals surface area contributed by atoms with E-state index in [1.165, 1.54) is 12.8 Å². The summed E-state index contributed by atoms with van der Waals surface area (Å²) in [6, 6.07) is 0.489. The van der Waals surface area contributed by atoms with Crippen LogP contribution in [0.25, 0.3) is 0 Å². The summed E-state index contributed by atoms with van der Waals surface area (Å²) in [5, 5.41) is 8.63. The van der Waals surface area contributed by atoms with Gasteiger partial charge >= 0.3 is 0 Å². The van der Waals surface area contributed by atoms with Gasteiger partial charge in [0.25, 0.3) is 0 Å². The lowest BCUT2D eigenvalue weighted by molar-refractivity contribution is -0.148. The number of aromatic nitrogens is 3. The Bertz CT molecular complexity index is 613. The van der Waals surface area contributed by atoms with Gasteiger partial charge in [0.1, 0.15) is 0 Å². The normalized spacial score (nSPS) is 31.3. The Morgan fingerprint density at radius 3 is 2.88 bits per heavy atom. The predicted octanol–water partition coefficient (Wildman–Crippen LogP) is 1.19. The van der Waals surface area contributed by atoms with Crippen LogP contribution in [0.1, 0.15) is 38.3 Å². The molecule has 0 saturated carbocycles. The number of carbonyl (C=O) groups excluding carboxylic acids is 1. The van der Waals surface area contributed by atoms with Crippen molar-refractivity contribution in [2.45, 2.75) is 51.6 Å². The minimum Gasteiger partial charge on any atom is -0.378 e. The molecule has 4 saturated heterocycles. The quantitative estimate of drug-likeness (QED) is 0.762. The van der Waals surface area contributed by atoms with Crippen molar-refractivity contribution in [1.29, 1.82) is 0 Å². The molecule has 1 aromatic heterocycles. The average molecular weight is 361 g/mol. The molecule has 7 heteroatoms. The number of unbranched alkanes of at least 4 members (excludes halogenated alkanes) is 1. The molecule has 7 nitrogen and oxygen atoms in total. The molecule has 4 aliphatic rings. The van der Waals surface area contributed by atoms with Crippen LogP contribution in [0.5, 0.6) is 0 Å². The van der Waals surface area contributed by atoms with E-state index in [1.54, 1.807) is 0 Å². The molecule has 0 N–H and O–H groups in total. The number of aryl methyl sites for hydroxylation is 1. The maximum absolute atomic E-state index is 12.9. The van der Waals surface area contributed by atoms with Gasteiger partial charge in [-0.3, -0.25) is 14.4 Å². The Hall–Kier alpha value is -1.47. The Balaban J connectivity index is 1.34. The van der Waals surface area contributed by atoms with Crippen LogP contribution in [0.15, 0.2) is 6.20 Å². The largest absolute Gasteiger partial charge is 0.378 e. The van der Waals surface area contributed by atoms with Crippen LogP contribution in [0.2, 0.25) is 0 Å². The van der Waals surface area contributed by atoms with Gasteiger partial charge in [0.15, 0.2) is 0 Å². The first-order valence-electron chi connectivity index (χ1n) is 10.2. The number of fused-ring (bicyclic) bond motifs is 3. The van der Waals surface area contributed by atoms with Gasteiger partial charge in [-0.25, -0.2) is 0 Å². The summed E-state index contributed by atoms with van der Waals surface area (Å²) in [7, 11) is 0. The molecule has 5 rings (SSSR count). The maximum atomic E-state index is 12.9. The second kappa shape index (κ2) is 8.05. The summed E-state index contributed by atoms with van der Waals surface area (Å²) >= 11 is 0. The second-order valence-corrected chi connectivity index (χ2v) is 8.01. The topological polar surface area (TPSA) is 63.5 Å². The van der Waals surface area contributed by atoms with Gasteiger partial charge in [-0.15, -0.1) is 5.10 Å². The molecule has 4 aliphatic heterocycles. The molecule has 144 valence electrons. The molecule has 4 fully saturated rings. The highest BCUT2D eigenvalue weighted by molar-refractivity contribution is 5.79. The fourth-order valence-electron chi connectivity index (χ4n) is 4.74. The summed E-state index contributed by atoms with van der Waals surface area (Å²) in [4.78, 5) is 17.5. The summed E-state index contributed by atoms with van der Waals surface area (Å²) in [5.74, 6) is 1.04. The van der Waals surface area contributed by atoms with E-state index in [1.807, 2.05) is 9.58 Å². The van der Waals surface area contributed by atoms with Crippen molar-refractivity contribution in [3.63, 3.8) is 0 Å². The number of piperidine rings is 3. The van der Waals surface area contributed by atoms with Crippen LogP contribution in [0.4, 0.5) is 0 Å². The minimum absolute atomic E-state index is 0.175. The summed E-state index contributed by atoms with van der Waals surface area (Å²) in [5.41, 5.74) is 1.10. The number of hydrogen-bond donors (Lipinski definition) is 0. The zero-order valence-corrected chi connectivity index (χ0v) is 15.8. The number of rotatable bonds is 6. The molecule has 1 aromatic rings. The SMILES string of the molecule is CCCCc1cn(CC2CC3CCN2CC3C(=O)N2CCOCC2)nn1. The van der Waals surface area contributed by atoms with Crippen LogP contribution in [-0.4, -0.2) is 76.1 Å². The van der Waals surface area contributed by atoms with E-state index in [0.717, 1.165) is 57.7 Å². The number of nitrogens with zero attached hydrogens (tertiary/aromatic N) is 5. The van der Waals surface area contributed by atoms with E-state index in [2.05, 4.69) is 28.3 Å². The van der Waals surface area contributed by atoms with Gasteiger partial charge in [-0.05, 0) is 38.1 Å². The second-order valence-electron chi connectivity index (χ2n) is 8.01. The standard InChI is InChI=1S/C19H31N5O2/c1-2-3-4-16-12-24(21-20-16)13-17-11-15-5-6-23(17)14-18(15)19(25)22-7-9-26-10-8-22/h12,15,17-18H,2-11,13-14H2,1H3. The van der Waals surface area contributed by atoms with Crippen molar-refractivity contribution in [1.82, 2.24) is 24.8 Å². The Labute approximate surface area is 155 Å². The van der Waals surface area contributed by atoms with E-state index in [9.17, 15) is 4.79 Å². The van der Waals surface area contributed by atoms with Crippen LogP contribution in [0, 0.1) is 11.8 Å². The zero-order chi connectivity index (χ0) is 17.9. The number of carbonyl (C=O) groups is 1. The van der Waals surface area contributed by atoms with E-state index < -0.39 is 0 Å². The van der Waals surface area contributed by atoms with Crippen molar-refractivity contribution in [3.05, 3.63) is 11.9 Å². The van der Waals surface area contributed by atoms with E-state index in [-0.39, 0.29) is 5.92 Å². The van der Waals surface area contributed by atoms with E-state index in [4.69, 9.17) is 4.74 Å². The molecule has 0 aromatic carbocycles. The Kier molecular flexibility index (Phi) is 5.55. The number of morpholine rings is 1. The van der Waals surface area contributed by atoms with Crippen molar-refractivity contribution in [3.8, 4) is 0 Å². The number of ether oxygens (including phenoxy) is 1.